The summed E-state index contributed by atoms with van der Waals surface area (Å²) in [4.78, 5) is 28.4. The molecule has 2 heterocycles. The zero-order valence-electron chi connectivity index (χ0n) is 11.6. The minimum Gasteiger partial charge on any atom is -0.481 e. The van der Waals surface area contributed by atoms with Crippen LogP contribution in [0.5, 0.6) is 0 Å². The predicted octanol–water partition coefficient (Wildman–Crippen LogP) is 0.893. The molecule has 0 spiro atoms. The van der Waals surface area contributed by atoms with E-state index in [1.807, 2.05) is 13.0 Å². The molecule has 0 aliphatic carbocycles. The van der Waals surface area contributed by atoms with Crippen LogP contribution in [0.25, 0.3) is 5.65 Å². The fourth-order valence-electron chi connectivity index (χ4n) is 1.94. The van der Waals surface area contributed by atoms with Crippen LogP contribution in [0.2, 0.25) is 0 Å². The maximum absolute atomic E-state index is 12.3. The minimum absolute atomic E-state index is 0.0855. The molecular formula is C13H16N4O3. The third-order valence-electron chi connectivity index (χ3n) is 3.08. The highest BCUT2D eigenvalue weighted by Gasteiger charge is 2.18. The zero-order chi connectivity index (χ0) is 14.9. The van der Waals surface area contributed by atoms with Crippen molar-refractivity contribution < 1.29 is 14.7 Å². The van der Waals surface area contributed by atoms with Crippen molar-refractivity contribution in [1.82, 2.24) is 19.5 Å². The van der Waals surface area contributed by atoms with Gasteiger partial charge in [-0.15, -0.1) is 0 Å². The first-order valence-corrected chi connectivity index (χ1v) is 6.19. The van der Waals surface area contributed by atoms with Gasteiger partial charge < -0.3 is 10.0 Å². The molecule has 0 unspecified atom stereocenters. The molecule has 0 aromatic carbocycles. The van der Waals surface area contributed by atoms with Crippen molar-refractivity contribution in [2.75, 3.05) is 13.6 Å². The van der Waals surface area contributed by atoms with Crippen molar-refractivity contribution in [3.05, 3.63) is 29.2 Å². The quantitative estimate of drug-likeness (QED) is 0.896. The van der Waals surface area contributed by atoms with Crippen molar-refractivity contribution in [3.8, 4) is 0 Å². The van der Waals surface area contributed by atoms with E-state index in [1.165, 1.54) is 11.1 Å². The summed E-state index contributed by atoms with van der Waals surface area (Å²) in [5.74, 6) is -1.19. The number of aliphatic carboxylic acids is 1. The van der Waals surface area contributed by atoms with Crippen LogP contribution in [0.4, 0.5) is 0 Å². The predicted molar refractivity (Wildman–Crippen MR) is 71.7 cm³/mol. The molecule has 7 heteroatoms. The third-order valence-corrected chi connectivity index (χ3v) is 3.08. The van der Waals surface area contributed by atoms with Gasteiger partial charge in [-0.25, -0.2) is 9.50 Å². The van der Waals surface area contributed by atoms with E-state index in [1.54, 1.807) is 18.5 Å². The van der Waals surface area contributed by atoms with E-state index in [9.17, 15) is 9.59 Å². The number of amides is 1. The Bertz CT molecular complexity index is 678. The third kappa shape index (κ3) is 2.61. The fourth-order valence-corrected chi connectivity index (χ4v) is 1.94. The molecule has 0 radical (unpaired) electrons. The number of hydrogen-bond donors (Lipinski definition) is 1. The Morgan fingerprint density at radius 2 is 2.10 bits per heavy atom. The molecule has 0 aliphatic heterocycles. The Kier molecular flexibility index (Phi) is 3.69. The first-order valence-electron chi connectivity index (χ1n) is 6.19. The summed E-state index contributed by atoms with van der Waals surface area (Å²) < 4.78 is 1.62. The smallest absolute Gasteiger partial charge is 0.305 e. The standard InChI is InChI=1S/C13H16N4O3/c1-8-6-11-14-7-10(9(2)17(11)15-8)13(20)16(3)5-4-12(18)19/h6-7H,4-5H2,1-3H3,(H,18,19). The number of carbonyl (C=O) groups is 2. The van der Waals surface area contributed by atoms with Crippen LogP contribution in [-0.4, -0.2) is 50.1 Å². The monoisotopic (exact) mass is 276 g/mol. The van der Waals surface area contributed by atoms with Gasteiger partial charge in [0.05, 0.1) is 23.4 Å². The lowest BCUT2D eigenvalue weighted by atomic mass is 10.2. The molecule has 0 atom stereocenters. The number of rotatable bonds is 4. The van der Waals surface area contributed by atoms with Crippen LogP contribution in [-0.2, 0) is 4.79 Å². The normalized spacial score (nSPS) is 10.8. The van der Waals surface area contributed by atoms with Crippen molar-refractivity contribution >= 4 is 17.5 Å². The average molecular weight is 276 g/mol. The van der Waals surface area contributed by atoms with Gasteiger partial charge in [0.1, 0.15) is 0 Å². The van der Waals surface area contributed by atoms with Crippen LogP contribution in [0, 0.1) is 13.8 Å². The molecule has 7 nitrogen and oxygen atoms in total. The van der Waals surface area contributed by atoms with E-state index in [4.69, 9.17) is 5.11 Å². The number of aryl methyl sites for hydroxylation is 2. The highest BCUT2D eigenvalue weighted by Crippen LogP contribution is 2.12. The molecule has 0 aliphatic rings. The SMILES string of the molecule is Cc1cc2ncc(C(=O)N(C)CCC(=O)O)c(C)n2n1. The van der Waals surface area contributed by atoms with Gasteiger partial charge in [0.2, 0.25) is 0 Å². The van der Waals surface area contributed by atoms with Gasteiger partial charge >= 0.3 is 5.97 Å². The molecule has 2 rings (SSSR count). The van der Waals surface area contributed by atoms with E-state index >= 15 is 0 Å². The lowest BCUT2D eigenvalue weighted by Gasteiger charge is -2.17. The van der Waals surface area contributed by atoms with Crippen LogP contribution in [0.15, 0.2) is 12.3 Å². The Hall–Kier alpha value is -2.44. The second-order valence-electron chi connectivity index (χ2n) is 4.68. The summed E-state index contributed by atoms with van der Waals surface area (Å²) in [5, 5.41) is 12.9. The second-order valence-corrected chi connectivity index (χ2v) is 4.68. The Balaban J connectivity index is 2.30. The maximum Gasteiger partial charge on any atom is 0.305 e. The van der Waals surface area contributed by atoms with Gasteiger partial charge in [0.15, 0.2) is 5.65 Å². The Morgan fingerprint density at radius 3 is 2.75 bits per heavy atom. The first-order chi connectivity index (χ1) is 9.40. The Labute approximate surface area is 115 Å². The van der Waals surface area contributed by atoms with Crippen LogP contribution in [0.3, 0.4) is 0 Å². The van der Waals surface area contributed by atoms with E-state index in [0.717, 1.165) is 5.69 Å². The maximum atomic E-state index is 12.3. The van der Waals surface area contributed by atoms with Gasteiger partial charge in [-0.05, 0) is 13.8 Å². The number of fused-ring (bicyclic) bond motifs is 1. The summed E-state index contributed by atoms with van der Waals surface area (Å²) in [6.45, 7) is 3.80. The van der Waals surface area contributed by atoms with Gasteiger partial charge in [-0.2, -0.15) is 5.10 Å². The topological polar surface area (TPSA) is 87.8 Å². The van der Waals surface area contributed by atoms with Gasteiger partial charge in [0.25, 0.3) is 5.91 Å². The molecule has 106 valence electrons. The van der Waals surface area contributed by atoms with Crippen LogP contribution in [0.1, 0.15) is 28.2 Å². The number of aromatic nitrogens is 3. The summed E-state index contributed by atoms with van der Waals surface area (Å²) in [6, 6.07) is 1.83. The molecular weight excluding hydrogens is 260 g/mol. The zero-order valence-corrected chi connectivity index (χ0v) is 11.6. The number of carboxylic acid groups (broad SMARTS) is 1. The lowest BCUT2D eigenvalue weighted by molar-refractivity contribution is -0.137. The van der Waals surface area contributed by atoms with Crippen molar-refractivity contribution in [1.29, 1.82) is 0 Å². The molecule has 0 saturated carbocycles. The van der Waals surface area contributed by atoms with Crippen LogP contribution < -0.4 is 0 Å². The molecule has 20 heavy (non-hydrogen) atoms. The van der Waals surface area contributed by atoms with E-state index in [2.05, 4.69) is 10.1 Å². The van der Waals surface area contributed by atoms with Gasteiger partial charge in [0, 0.05) is 25.9 Å². The molecule has 2 aromatic heterocycles. The second kappa shape index (κ2) is 5.28. The average Bonchev–Trinajstić information content (AvgIpc) is 2.77. The fraction of sp³-hybridized carbons (Fsp3) is 0.385. The van der Waals surface area contributed by atoms with Crippen LogP contribution >= 0.6 is 0 Å². The number of nitrogens with zero attached hydrogens (tertiary/aromatic N) is 4. The molecule has 1 N–H and O–H groups in total. The van der Waals surface area contributed by atoms with Gasteiger partial charge in [-0.3, -0.25) is 9.59 Å². The minimum atomic E-state index is -0.933. The molecule has 0 bridgehead atoms. The largest absolute Gasteiger partial charge is 0.481 e. The highest BCUT2D eigenvalue weighted by atomic mass is 16.4. The van der Waals surface area contributed by atoms with Crippen molar-refractivity contribution in [2.24, 2.45) is 0 Å². The summed E-state index contributed by atoms with van der Waals surface area (Å²) in [7, 11) is 1.57. The van der Waals surface area contributed by atoms with E-state index in [-0.39, 0.29) is 18.9 Å². The van der Waals surface area contributed by atoms with Crippen molar-refractivity contribution in [2.45, 2.75) is 20.3 Å². The highest BCUT2D eigenvalue weighted by molar-refractivity contribution is 5.95. The van der Waals surface area contributed by atoms with Crippen molar-refractivity contribution in [3.63, 3.8) is 0 Å². The summed E-state index contributed by atoms with van der Waals surface area (Å²) >= 11 is 0. The van der Waals surface area contributed by atoms with Gasteiger partial charge in [-0.1, -0.05) is 0 Å². The summed E-state index contributed by atoms with van der Waals surface area (Å²) in [5.41, 5.74) is 2.62. The molecule has 0 saturated heterocycles. The van der Waals surface area contributed by atoms with E-state index < -0.39 is 5.97 Å². The number of hydrogen-bond acceptors (Lipinski definition) is 4. The number of carbonyl (C=O) groups excluding carboxylic acids is 1. The molecule has 2 aromatic rings. The summed E-state index contributed by atoms with van der Waals surface area (Å²) in [6.07, 6.45) is 1.42. The molecule has 0 fully saturated rings. The van der Waals surface area contributed by atoms with E-state index in [0.29, 0.717) is 16.9 Å². The lowest BCUT2D eigenvalue weighted by Crippen LogP contribution is -2.30. The number of carboxylic acids is 1. The first kappa shape index (κ1) is 14.0. The molecule has 1 amide bonds. The Morgan fingerprint density at radius 1 is 1.40 bits per heavy atom.